The van der Waals surface area contributed by atoms with E-state index in [2.05, 4.69) is 0 Å². The number of hydrogen-bond donors (Lipinski definition) is 1. The third kappa shape index (κ3) is 3.44. The van der Waals surface area contributed by atoms with Crippen molar-refractivity contribution in [3.8, 4) is 0 Å². The number of fused-ring (bicyclic) bond motifs is 1. The maximum absolute atomic E-state index is 12.2. The van der Waals surface area contributed by atoms with E-state index < -0.39 is 16.0 Å². The maximum Gasteiger partial charge on any atom is 0.340 e. The first-order valence-electron chi connectivity index (χ1n) is 6.81. The molecule has 0 aliphatic carbocycles. The fourth-order valence-corrected chi connectivity index (χ4v) is 3.89. The highest BCUT2D eigenvalue weighted by atomic mass is 35.5. The van der Waals surface area contributed by atoms with Crippen LogP contribution in [0.2, 0.25) is 5.02 Å². The van der Waals surface area contributed by atoms with Gasteiger partial charge < -0.3 is 4.74 Å². The number of esters is 1. The van der Waals surface area contributed by atoms with Crippen LogP contribution < -0.4 is 5.14 Å². The van der Waals surface area contributed by atoms with E-state index in [1.807, 2.05) is 29.6 Å². The van der Waals surface area contributed by atoms with E-state index in [4.69, 9.17) is 21.5 Å². The van der Waals surface area contributed by atoms with Gasteiger partial charge in [0.1, 0.15) is 6.61 Å². The summed E-state index contributed by atoms with van der Waals surface area (Å²) in [6, 6.07) is 11.4. The molecule has 8 heteroatoms. The summed E-state index contributed by atoms with van der Waals surface area (Å²) in [4.78, 5) is 12.0. The molecule has 0 atom stereocenters. The molecule has 0 spiro atoms. The molecule has 2 aromatic carbocycles. The van der Waals surface area contributed by atoms with Gasteiger partial charge >= 0.3 is 5.97 Å². The topological polar surface area (TPSA) is 86.5 Å². The number of ether oxygens (including phenoxy) is 1. The Morgan fingerprint density at radius 1 is 1.21 bits per heavy atom. The van der Waals surface area contributed by atoms with Crippen LogP contribution in [0, 0.1) is 0 Å². The minimum atomic E-state index is -3.93. The Morgan fingerprint density at radius 3 is 2.71 bits per heavy atom. The van der Waals surface area contributed by atoms with Gasteiger partial charge in [-0.2, -0.15) is 0 Å². The van der Waals surface area contributed by atoms with Gasteiger partial charge in [-0.1, -0.05) is 29.8 Å². The normalized spacial score (nSPS) is 11.6. The fourth-order valence-electron chi connectivity index (χ4n) is 2.20. The summed E-state index contributed by atoms with van der Waals surface area (Å²) in [5.41, 5.74) is 0.838. The number of carbonyl (C=O) groups excluding carboxylic acids is 1. The molecular weight excluding hydrogens is 370 g/mol. The van der Waals surface area contributed by atoms with Crippen LogP contribution in [0.25, 0.3) is 10.1 Å². The Bertz CT molecular complexity index is 1030. The molecule has 0 bridgehead atoms. The average molecular weight is 382 g/mol. The molecule has 0 saturated heterocycles. The zero-order valence-electron chi connectivity index (χ0n) is 12.2. The lowest BCUT2D eigenvalue weighted by Gasteiger charge is -2.07. The minimum Gasteiger partial charge on any atom is -0.457 e. The monoisotopic (exact) mass is 381 g/mol. The first kappa shape index (κ1) is 16.9. The zero-order chi connectivity index (χ0) is 17.3. The number of primary sulfonamides is 1. The van der Waals surface area contributed by atoms with Crippen LogP contribution in [0.15, 0.2) is 52.7 Å². The standard InChI is InChI=1S/C16H12ClNO4S2/c17-14-6-5-11(24(18,20)21)7-13(14)16(19)22-8-10-9-23-15-4-2-1-3-12(10)15/h1-7,9H,8H2,(H2,18,20,21). The van der Waals surface area contributed by atoms with E-state index in [0.29, 0.717) is 0 Å². The summed E-state index contributed by atoms with van der Waals surface area (Å²) in [6.45, 7) is 0.0682. The third-order valence-electron chi connectivity index (χ3n) is 3.41. The van der Waals surface area contributed by atoms with Crippen molar-refractivity contribution in [3.63, 3.8) is 0 Å². The first-order chi connectivity index (χ1) is 11.4. The predicted octanol–water partition coefficient (Wildman–Crippen LogP) is 3.56. The van der Waals surface area contributed by atoms with Crippen molar-refractivity contribution < 1.29 is 17.9 Å². The molecule has 0 aliphatic heterocycles. The van der Waals surface area contributed by atoms with Gasteiger partial charge in [0.25, 0.3) is 0 Å². The van der Waals surface area contributed by atoms with E-state index in [1.54, 1.807) is 11.3 Å². The number of halogens is 1. The summed E-state index contributed by atoms with van der Waals surface area (Å²) in [7, 11) is -3.93. The predicted molar refractivity (Wildman–Crippen MR) is 93.8 cm³/mol. The highest BCUT2D eigenvalue weighted by Crippen LogP contribution is 2.27. The number of sulfonamides is 1. The quantitative estimate of drug-likeness (QED) is 0.700. The summed E-state index contributed by atoms with van der Waals surface area (Å²) in [5.74, 6) is -0.708. The van der Waals surface area contributed by atoms with E-state index in [-0.39, 0.29) is 22.1 Å². The van der Waals surface area contributed by atoms with Gasteiger partial charge in [0, 0.05) is 10.3 Å². The average Bonchev–Trinajstić information content (AvgIpc) is 2.95. The van der Waals surface area contributed by atoms with Gasteiger partial charge in [-0.05, 0) is 35.0 Å². The van der Waals surface area contributed by atoms with Crippen LogP contribution in [0.5, 0.6) is 0 Å². The smallest absolute Gasteiger partial charge is 0.340 e. The van der Waals surface area contributed by atoms with Crippen LogP contribution in [-0.4, -0.2) is 14.4 Å². The van der Waals surface area contributed by atoms with Crippen molar-refractivity contribution in [1.82, 2.24) is 0 Å². The second kappa shape index (κ2) is 6.52. The van der Waals surface area contributed by atoms with Crippen molar-refractivity contribution in [2.45, 2.75) is 11.5 Å². The molecule has 0 radical (unpaired) electrons. The Balaban J connectivity index is 1.83. The molecule has 0 saturated carbocycles. The maximum atomic E-state index is 12.2. The summed E-state index contributed by atoms with van der Waals surface area (Å²) in [5, 5.41) is 8.10. The first-order valence-corrected chi connectivity index (χ1v) is 9.61. The molecule has 0 aliphatic rings. The van der Waals surface area contributed by atoms with Crippen molar-refractivity contribution in [3.05, 3.63) is 64.0 Å². The van der Waals surface area contributed by atoms with E-state index in [0.717, 1.165) is 21.7 Å². The van der Waals surface area contributed by atoms with Gasteiger partial charge in [-0.3, -0.25) is 0 Å². The summed E-state index contributed by atoms with van der Waals surface area (Å²) in [6.07, 6.45) is 0. The van der Waals surface area contributed by atoms with Crippen molar-refractivity contribution in [2.24, 2.45) is 5.14 Å². The third-order valence-corrected chi connectivity index (χ3v) is 5.66. The van der Waals surface area contributed by atoms with Gasteiger partial charge in [0.05, 0.1) is 15.5 Å². The van der Waals surface area contributed by atoms with Gasteiger partial charge in [0.2, 0.25) is 10.0 Å². The van der Waals surface area contributed by atoms with Crippen LogP contribution in [0.4, 0.5) is 0 Å². The van der Waals surface area contributed by atoms with Crippen LogP contribution in [0.1, 0.15) is 15.9 Å². The van der Waals surface area contributed by atoms with Crippen molar-refractivity contribution in [2.75, 3.05) is 0 Å². The molecule has 1 heterocycles. The molecular formula is C16H12ClNO4S2. The van der Waals surface area contributed by atoms with Crippen LogP contribution in [-0.2, 0) is 21.4 Å². The molecule has 124 valence electrons. The molecule has 5 nitrogen and oxygen atoms in total. The van der Waals surface area contributed by atoms with Crippen LogP contribution in [0.3, 0.4) is 0 Å². The minimum absolute atomic E-state index is 0.0391. The Kier molecular flexibility index (Phi) is 4.60. The second-order valence-corrected chi connectivity index (χ2v) is 7.90. The second-order valence-electron chi connectivity index (χ2n) is 5.02. The van der Waals surface area contributed by atoms with E-state index in [1.165, 1.54) is 12.1 Å². The Morgan fingerprint density at radius 2 is 1.96 bits per heavy atom. The van der Waals surface area contributed by atoms with E-state index >= 15 is 0 Å². The lowest BCUT2D eigenvalue weighted by molar-refractivity contribution is 0.0474. The Hall–Kier alpha value is -1.93. The fraction of sp³-hybridized carbons (Fsp3) is 0.0625. The molecule has 24 heavy (non-hydrogen) atoms. The van der Waals surface area contributed by atoms with Gasteiger partial charge in [0.15, 0.2) is 0 Å². The van der Waals surface area contributed by atoms with Crippen molar-refractivity contribution in [1.29, 1.82) is 0 Å². The molecule has 0 fully saturated rings. The molecule has 0 amide bonds. The Labute approximate surface area is 147 Å². The molecule has 3 aromatic rings. The molecule has 2 N–H and O–H groups in total. The highest BCUT2D eigenvalue weighted by molar-refractivity contribution is 7.89. The SMILES string of the molecule is NS(=O)(=O)c1ccc(Cl)c(C(=O)OCc2csc3ccccc23)c1. The number of thiophene rings is 1. The molecule has 3 rings (SSSR count). The number of benzene rings is 2. The van der Waals surface area contributed by atoms with Gasteiger partial charge in [-0.15, -0.1) is 11.3 Å². The molecule has 1 aromatic heterocycles. The number of nitrogens with two attached hydrogens (primary N) is 1. The summed E-state index contributed by atoms with van der Waals surface area (Å²) >= 11 is 7.52. The van der Waals surface area contributed by atoms with Crippen LogP contribution >= 0.6 is 22.9 Å². The van der Waals surface area contributed by atoms with E-state index in [9.17, 15) is 13.2 Å². The number of carbonyl (C=O) groups is 1. The largest absolute Gasteiger partial charge is 0.457 e. The highest BCUT2D eigenvalue weighted by Gasteiger charge is 2.17. The lowest BCUT2D eigenvalue weighted by atomic mass is 10.2. The van der Waals surface area contributed by atoms with Gasteiger partial charge in [-0.25, -0.2) is 18.4 Å². The summed E-state index contributed by atoms with van der Waals surface area (Å²) < 4.78 is 29.2. The molecule has 0 unspecified atom stereocenters. The lowest BCUT2D eigenvalue weighted by Crippen LogP contribution is -2.14. The van der Waals surface area contributed by atoms with Crippen molar-refractivity contribution >= 4 is 49.0 Å². The zero-order valence-corrected chi connectivity index (χ0v) is 14.6. The number of hydrogen-bond acceptors (Lipinski definition) is 5. The number of rotatable bonds is 4.